The van der Waals surface area contributed by atoms with E-state index in [1.165, 1.54) is 6.08 Å². The second-order valence-electron chi connectivity index (χ2n) is 6.63. The van der Waals surface area contributed by atoms with Crippen molar-refractivity contribution in [3.05, 3.63) is 79.4 Å². The molecule has 0 aliphatic rings. The molecule has 0 aromatic heterocycles. The van der Waals surface area contributed by atoms with Gasteiger partial charge in [0.25, 0.3) is 0 Å². The van der Waals surface area contributed by atoms with Gasteiger partial charge < -0.3 is 24.3 Å². The van der Waals surface area contributed by atoms with E-state index in [1.54, 1.807) is 19.1 Å². The highest BCUT2D eigenvalue weighted by Crippen LogP contribution is 2.29. The van der Waals surface area contributed by atoms with E-state index < -0.39 is 24.1 Å². The van der Waals surface area contributed by atoms with Gasteiger partial charge in [0, 0.05) is 17.7 Å². The van der Waals surface area contributed by atoms with Crippen molar-refractivity contribution in [3.63, 3.8) is 0 Å². The predicted octanol–water partition coefficient (Wildman–Crippen LogP) is 3.68. The van der Waals surface area contributed by atoms with E-state index in [4.69, 9.17) is 18.9 Å². The molecule has 0 saturated heterocycles. The van der Waals surface area contributed by atoms with E-state index in [0.717, 1.165) is 17.2 Å². The van der Waals surface area contributed by atoms with Gasteiger partial charge in [-0.15, -0.1) is 0 Å². The summed E-state index contributed by atoms with van der Waals surface area (Å²) in [6.07, 6.45) is 2.23. The summed E-state index contributed by atoms with van der Waals surface area (Å²) in [5.74, 6) is -0.576. The minimum Gasteiger partial charge on any atom is -0.489 e. The molecule has 0 saturated carbocycles. The van der Waals surface area contributed by atoms with Crippen molar-refractivity contribution in [3.8, 4) is 16.9 Å². The molecule has 2 aromatic rings. The Balaban J connectivity index is 1.90. The van der Waals surface area contributed by atoms with E-state index in [-0.39, 0.29) is 26.4 Å². The number of para-hydroxylation sites is 1. The SMILES string of the molecule is C=CC(=O)OC(COC(=O)NCCOC(=O)/C=C/C)COc1ccccc1-c1ccccc1. The zero-order valence-electron chi connectivity index (χ0n) is 18.4. The predicted molar refractivity (Wildman–Crippen MR) is 123 cm³/mol. The first-order valence-electron chi connectivity index (χ1n) is 10.3. The Morgan fingerprint density at radius 1 is 0.970 bits per heavy atom. The number of hydrogen-bond acceptors (Lipinski definition) is 7. The van der Waals surface area contributed by atoms with E-state index >= 15 is 0 Å². The first-order chi connectivity index (χ1) is 16.0. The molecule has 0 radical (unpaired) electrons. The van der Waals surface area contributed by atoms with Gasteiger partial charge in [-0.25, -0.2) is 14.4 Å². The van der Waals surface area contributed by atoms with Crippen LogP contribution in [0.5, 0.6) is 5.75 Å². The van der Waals surface area contributed by atoms with Gasteiger partial charge in [0.2, 0.25) is 0 Å². The molecule has 33 heavy (non-hydrogen) atoms. The number of rotatable bonds is 12. The number of amides is 1. The number of alkyl carbamates (subject to hydrolysis) is 1. The van der Waals surface area contributed by atoms with Crippen molar-refractivity contribution in [2.75, 3.05) is 26.4 Å². The van der Waals surface area contributed by atoms with Crippen LogP contribution in [0, 0.1) is 0 Å². The van der Waals surface area contributed by atoms with E-state index in [1.807, 2.05) is 48.5 Å². The quantitative estimate of drug-likeness (QED) is 0.226. The Hall–Kier alpha value is -4.07. The van der Waals surface area contributed by atoms with E-state index in [9.17, 15) is 14.4 Å². The summed E-state index contributed by atoms with van der Waals surface area (Å²) in [7, 11) is 0. The van der Waals surface area contributed by atoms with Crippen LogP contribution in [0.1, 0.15) is 6.92 Å². The van der Waals surface area contributed by atoms with Crippen LogP contribution in [-0.4, -0.2) is 50.5 Å². The number of hydrogen-bond donors (Lipinski definition) is 1. The minimum absolute atomic E-state index is 0.00741. The van der Waals surface area contributed by atoms with Gasteiger partial charge in [-0.1, -0.05) is 61.2 Å². The van der Waals surface area contributed by atoms with Crippen LogP contribution >= 0.6 is 0 Å². The van der Waals surface area contributed by atoms with Crippen LogP contribution in [0.2, 0.25) is 0 Å². The third-order valence-electron chi connectivity index (χ3n) is 4.16. The first-order valence-corrected chi connectivity index (χ1v) is 10.3. The van der Waals surface area contributed by atoms with Crippen molar-refractivity contribution in [1.82, 2.24) is 5.32 Å². The molecule has 174 valence electrons. The monoisotopic (exact) mass is 453 g/mol. The number of carbonyl (C=O) groups excluding carboxylic acids is 3. The second-order valence-corrected chi connectivity index (χ2v) is 6.63. The van der Waals surface area contributed by atoms with Gasteiger partial charge in [-0.3, -0.25) is 0 Å². The van der Waals surface area contributed by atoms with Gasteiger partial charge in [0.15, 0.2) is 6.10 Å². The van der Waals surface area contributed by atoms with Crippen LogP contribution in [0.25, 0.3) is 11.1 Å². The van der Waals surface area contributed by atoms with Crippen molar-refractivity contribution in [2.24, 2.45) is 0 Å². The van der Waals surface area contributed by atoms with Crippen LogP contribution in [0.15, 0.2) is 79.4 Å². The summed E-state index contributed by atoms with van der Waals surface area (Å²) in [4.78, 5) is 34.8. The van der Waals surface area contributed by atoms with Crippen molar-refractivity contribution in [1.29, 1.82) is 0 Å². The fraction of sp³-hybridized carbons (Fsp3) is 0.240. The van der Waals surface area contributed by atoms with Gasteiger partial charge in [0.1, 0.15) is 25.6 Å². The third-order valence-corrected chi connectivity index (χ3v) is 4.16. The summed E-state index contributed by atoms with van der Waals surface area (Å²) < 4.78 is 21.1. The largest absolute Gasteiger partial charge is 0.489 e. The number of nitrogens with one attached hydrogen (secondary N) is 1. The highest BCUT2D eigenvalue weighted by atomic mass is 16.6. The van der Waals surface area contributed by atoms with E-state index in [0.29, 0.717) is 5.75 Å². The molecule has 8 heteroatoms. The number of ether oxygens (including phenoxy) is 4. The fourth-order valence-electron chi connectivity index (χ4n) is 2.67. The maximum absolute atomic E-state index is 11.9. The molecule has 2 aromatic carbocycles. The van der Waals surface area contributed by atoms with Crippen LogP contribution < -0.4 is 10.1 Å². The fourth-order valence-corrected chi connectivity index (χ4v) is 2.67. The Labute approximate surface area is 192 Å². The molecule has 1 atom stereocenters. The molecule has 1 N–H and O–H groups in total. The smallest absolute Gasteiger partial charge is 0.407 e. The Kier molecular flexibility index (Phi) is 10.7. The summed E-state index contributed by atoms with van der Waals surface area (Å²) in [6.45, 7) is 4.85. The highest BCUT2D eigenvalue weighted by molar-refractivity contribution is 5.82. The highest BCUT2D eigenvalue weighted by Gasteiger charge is 2.18. The molecule has 0 spiro atoms. The third kappa shape index (κ3) is 9.30. The number of allylic oxidation sites excluding steroid dienone is 1. The Morgan fingerprint density at radius 3 is 2.42 bits per heavy atom. The molecule has 8 nitrogen and oxygen atoms in total. The molecule has 2 rings (SSSR count). The van der Waals surface area contributed by atoms with Gasteiger partial charge in [-0.2, -0.15) is 0 Å². The summed E-state index contributed by atoms with van der Waals surface area (Å²) >= 11 is 0. The molecule has 1 amide bonds. The molecule has 1 unspecified atom stereocenters. The average Bonchev–Trinajstić information content (AvgIpc) is 2.84. The topological polar surface area (TPSA) is 100 Å². The van der Waals surface area contributed by atoms with Crippen LogP contribution in [0.4, 0.5) is 4.79 Å². The standard InChI is InChI=1S/C25H27NO7/c1-3-10-24(28)30-16-15-26-25(29)32-18-20(33-23(27)4-2)17-31-22-14-9-8-13-21(22)19-11-6-5-7-12-19/h3-14,20H,2,15-18H2,1H3,(H,26,29)/b10-3+. The van der Waals surface area contributed by atoms with Crippen molar-refractivity contribution in [2.45, 2.75) is 13.0 Å². The lowest BCUT2D eigenvalue weighted by Crippen LogP contribution is -2.34. The molecular formula is C25H27NO7. The molecule has 0 aliphatic heterocycles. The zero-order valence-corrected chi connectivity index (χ0v) is 18.4. The van der Waals surface area contributed by atoms with Gasteiger partial charge in [-0.05, 0) is 18.6 Å². The van der Waals surface area contributed by atoms with Crippen molar-refractivity contribution >= 4 is 18.0 Å². The summed E-state index contributed by atoms with van der Waals surface area (Å²) in [5.41, 5.74) is 1.84. The number of carbonyl (C=O) groups is 3. The lowest BCUT2D eigenvalue weighted by Gasteiger charge is -2.19. The first kappa shape index (κ1) is 25.2. The normalized spacial score (nSPS) is 11.3. The van der Waals surface area contributed by atoms with Crippen LogP contribution in [-0.2, 0) is 23.8 Å². The number of esters is 2. The molecule has 0 aliphatic carbocycles. The lowest BCUT2D eigenvalue weighted by molar-refractivity contribution is -0.146. The molecule has 0 bridgehead atoms. The second kappa shape index (κ2) is 14.1. The minimum atomic E-state index is -0.863. The number of benzene rings is 2. The van der Waals surface area contributed by atoms with Gasteiger partial charge in [0.05, 0.1) is 6.54 Å². The Morgan fingerprint density at radius 2 is 1.70 bits per heavy atom. The maximum atomic E-state index is 11.9. The zero-order chi connectivity index (χ0) is 23.9. The maximum Gasteiger partial charge on any atom is 0.407 e. The molecule has 0 fully saturated rings. The molecular weight excluding hydrogens is 426 g/mol. The van der Waals surface area contributed by atoms with Crippen LogP contribution in [0.3, 0.4) is 0 Å². The Bertz CT molecular complexity index is 956. The lowest BCUT2D eigenvalue weighted by atomic mass is 10.1. The summed E-state index contributed by atoms with van der Waals surface area (Å²) in [5, 5.41) is 2.44. The van der Waals surface area contributed by atoms with Crippen molar-refractivity contribution < 1.29 is 33.3 Å². The average molecular weight is 453 g/mol. The van der Waals surface area contributed by atoms with Gasteiger partial charge >= 0.3 is 18.0 Å². The molecule has 0 heterocycles. The summed E-state index contributed by atoms with van der Waals surface area (Å²) in [6, 6.07) is 17.1. The van der Waals surface area contributed by atoms with E-state index in [2.05, 4.69) is 11.9 Å².